The molecular weight excluding hydrogens is 268 g/mol. The molecule has 1 aliphatic heterocycles. The molecule has 3 nitrogen and oxygen atoms in total. The van der Waals surface area contributed by atoms with Gasteiger partial charge < -0.3 is 15.0 Å². The monoisotopic (exact) mass is 302 g/mol. The lowest BCUT2D eigenvalue weighted by Crippen LogP contribution is -2.50. The second-order valence-corrected chi connectivity index (χ2v) is 8.44. The summed E-state index contributed by atoms with van der Waals surface area (Å²) in [6.07, 6.45) is 4.63. The number of nitrogens with one attached hydrogen (secondary N) is 1. The van der Waals surface area contributed by atoms with Crippen molar-refractivity contribution >= 4 is 11.8 Å². The van der Waals surface area contributed by atoms with Gasteiger partial charge in [0.15, 0.2) is 0 Å². The highest BCUT2D eigenvalue weighted by Crippen LogP contribution is 2.30. The molecule has 0 spiro atoms. The van der Waals surface area contributed by atoms with Crippen LogP contribution in [0.15, 0.2) is 0 Å². The largest absolute Gasteiger partial charge is 0.381 e. The van der Waals surface area contributed by atoms with Gasteiger partial charge in [-0.2, -0.15) is 11.8 Å². The molecule has 2 unspecified atom stereocenters. The van der Waals surface area contributed by atoms with E-state index in [1.165, 1.54) is 18.6 Å². The average molecular weight is 303 g/mol. The van der Waals surface area contributed by atoms with E-state index in [0.717, 1.165) is 26.3 Å². The van der Waals surface area contributed by atoms with Crippen molar-refractivity contribution < 1.29 is 4.74 Å². The Morgan fingerprint density at radius 3 is 2.60 bits per heavy atom. The summed E-state index contributed by atoms with van der Waals surface area (Å²) < 4.78 is 5.72. The average Bonchev–Trinajstić information content (AvgIpc) is 2.82. The third-order valence-electron chi connectivity index (χ3n) is 4.26. The van der Waals surface area contributed by atoms with Crippen LogP contribution >= 0.6 is 11.8 Å². The van der Waals surface area contributed by atoms with E-state index >= 15 is 0 Å². The highest BCUT2D eigenvalue weighted by Gasteiger charge is 2.37. The molecule has 1 heterocycles. The number of hydrogen-bond acceptors (Lipinski definition) is 4. The minimum absolute atomic E-state index is 0.179. The van der Waals surface area contributed by atoms with Crippen LogP contribution in [0.25, 0.3) is 0 Å². The van der Waals surface area contributed by atoms with Gasteiger partial charge in [0.05, 0.1) is 6.61 Å². The molecule has 1 fully saturated rings. The van der Waals surface area contributed by atoms with Crippen molar-refractivity contribution in [3.63, 3.8) is 0 Å². The van der Waals surface area contributed by atoms with Crippen LogP contribution in [0.5, 0.6) is 0 Å². The normalized spacial score (nSPS) is 25.4. The minimum Gasteiger partial charge on any atom is -0.381 e. The van der Waals surface area contributed by atoms with Crippen LogP contribution in [0.3, 0.4) is 0 Å². The summed E-state index contributed by atoms with van der Waals surface area (Å²) in [7, 11) is 2.27. The van der Waals surface area contributed by atoms with E-state index in [-0.39, 0.29) is 11.0 Å². The first kappa shape index (κ1) is 18.3. The molecule has 0 aromatic heterocycles. The summed E-state index contributed by atoms with van der Waals surface area (Å²) >= 11 is 1.94. The molecule has 0 aromatic rings. The summed E-state index contributed by atoms with van der Waals surface area (Å²) in [5.74, 6) is 1.25. The molecule has 120 valence electrons. The van der Waals surface area contributed by atoms with Gasteiger partial charge >= 0.3 is 0 Å². The Labute approximate surface area is 130 Å². The Balaban J connectivity index is 2.53. The fourth-order valence-corrected chi connectivity index (χ4v) is 3.19. The van der Waals surface area contributed by atoms with E-state index in [4.69, 9.17) is 4.74 Å². The lowest BCUT2D eigenvalue weighted by molar-refractivity contribution is 0.0981. The first-order valence-electron chi connectivity index (χ1n) is 7.80. The SMILES string of the molecule is CSCCC(C)N(C)CC1(CNC(C)(C)C)CCOC1. The summed E-state index contributed by atoms with van der Waals surface area (Å²) in [6, 6.07) is 0.648. The predicted molar refractivity (Wildman–Crippen MR) is 90.7 cm³/mol. The van der Waals surface area contributed by atoms with Gasteiger partial charge in [-0.25, -0.2) is 0 Å². The van der Waals surface area contributed by atoms with Crippen LogP contribution in [0.1, 0.15) is 40.5 Å². The second kappa shape index (κ2) is 8.02. The van der Waals surface area contributed by atoms with Crippen LogP contribution in [-0.4, -0.2) is 61.8 Å². The highest BCUT2D eigenvalue weighted by atomic mass is 32.2. The van der Waals surface area contributed by atoms with E-state index in [2.05, 4.69) is 51.2 Å². The van der Waals surface area contributed by atoms with Crippen LogP contribution in [-0.2, 0) is 4.74 Å². The van der Waals surface area contributed by atoms with Gasteiger partial charge in [-0.1, -0.05) is 0 Å². The molecule has 0 saturated carbocycles. The summed E-state index contributed by atoms with van der Waals surface area (Å²) in [6.45, 7) is 13.1. The van der Waals surface area contributed by atoms with Crippen LogP contribution in [0, 0.1) is 5.41 Å². The molecule has 0 bridgehead atoms. The molecule has 0 aliphatic carbocycles. The third-order valence-corrected chi connectivity index (χ3v) is 4.90. The van der Waals surface area contributed by atoms with Crippen molar-refractivity contribution in [1.82, 2.24) is 10.2 Å². The lowest BCUT2D eigenvalue weighted by atomic mass is 9.85. The maximum atomic E-state index is 5.72. The predicted octanol–water partition coefficient (Wildman–Crippen LogP) is 2.85. The molecule has 0 aromatic carbocycles. The Kier molecular flexibility index (Phi) is 7.33. The van der Waals surface area contributed by atoms with Gasteiger partial charge in [0.25, 0.3) is 0 Å². The van der Waals surface area contributed by atoms with Crippen LogP contribution in [0.4, 0.5) is 0 Å². The standard InChI is InChI=1S/C16H34N2OS/c1-14(7-10-20-6)18(5)12-16(8-9-19-13-16)11-17-15(2,3)4/h14,17H,7-13H2,1-6H3. The maximum Gasteiger partial charge on any atom is 0.0547 e. The van der Waals surface area contributed by atoms with Gasteiger partial charge in [-0.15, -0.1) is 0 Å². The molecule has 1 aliphatic rings. The highest BCUT2D eigenvalue weighted by molar-refractivity contribution is 7.98. The van der Waals surface area contributed by atoms with Gasteiger partial charge in [-0.3, -0.25) is 0 Å². The Bertz CT molecular complexity index is 272. The molecule has 1 N–H and O–H groups in total. The molecule has 2 atom stereocenters. The van der Waals surface area contributed by atoms with Gasteiger partial charge in [-0.05, 0) is 59.6 Å². The smallest absolute Gasteiger partial charge is 0.0547 e. The van der Waals surface area contributed by atoms with E-state index in [0.29, 0.717) is 6.04 Å². The van der Waals surface area contributed by atoms with Crippen molar-refractivity contribution in [3.8, 4) is 0 Å². The van der Waals surface area contributed by atoms with E-state index in [1.807, 2.05) is 11.8 Å². The lowest BCUT2D eigenvalue weighted by Gasteiger charge is -2.37. The van der Waals surface area contributed by atoms with E-state index < -0.39 is 0 Å². The van der Waals surface area contributed by atoms with Gasteiger partial charge in [0.1, 0.15) is 0 Å². The van der Waals surface area contributed by atoms with Gasteiger partial charge in [0.2, 0.25) is 0 Å². The zero-order valence-electron chi connectivity index (χ0n) is 14.3. The van der Waals surface area contributed by atoms with Gasteiger partial charge in [0, 0.05) is 36.7 Å². The Morgan fingerprint density at radius 2 is 2.10 bits per heavy atom. The fourth-order valence-electron chi connectivity index (χ4n) is 2.62. The van der Waals surface area contributed by atoms with Crippen molar-refractivity contribution in [3.05, 3.63) is 0 Å². The molecule has 1 rings (SSSR count). The summed E-state index contributed by atoms with van der Waals surface area (Å²) in [5, 5.41) is 3.68. The third kappa shape index (κ3) is 6.33. The number of thioether (sulfide) groups is 1. The molecule has 0 amide bonds. The van der Waals surface area contributed by atoms with Crippen molar-refractivity contribution in [1.29, 1.82) is 0 Å². The summed E-state index contributed by atoms with van der Waals surface area (Å²) in [5.41, 5.74) is 0.467. The zero-order valence-corrected chi connectivity index (χ0v) is 15.1. The Morgan fingerprint density at radius 1 is 1.40 bits per heavy atom. The first-order valence-corrected chi connectivity index (χ1v) is 9.19. The quantitative estimate of drug-likeness (QED) is 0.745. The fraction of sp³-hybridized carbons (Fsp3) is 1.00. The molecule has 20 heavy (non-hydrogen) atoms. The van der Waals surface area contributed by atoms with E-state index in [9.17, 15) is 0 Å². The van der Waals surface area contributed by atoms with Crippen LogP contribution < -0.4 is 5.32 Å². The Hall–Kier alpha value is 0.230. The number of rotatable bonds is 8. The zero-order chi connectivity index (χ0) is 15.2. The minimum atomic E-state index is 0.179. The first-order chi connectivity index (χ1) is 9.28. The second-order valence-electron chi connectivity index (χ2n) is 7.45. The van der Waals surface area contributed by atoms with Crippen molar-refractivity contribution in [2.75, 3.05) is 45.4 Å². The van der Waals surface area contributed by atoms with Crippen LogP contribution in [0.2, 0.25) is 0 Å². The molecular formula is C16H34N2OS. The molecule has 0 radical (unpaired) electrons. The number of nitrogens with zero attached hydrogens (tertiary/aromatic N) is 1. The topological polar surface area (TPSA) is 24.5 Å². The summed E-state index contributed by atoms with van der Waals surface area (Å²) in [4.78, 5) is 2.52. The molecule has 4 heteroatoms. The number of hydrogen-bond donors (Lipinski definition) is 1. The molecule has 1 saturated heterocycles. The van der Waals surface area contributed by atoms with Crippen molar-refractivity contribution in [2.24, 2.45) is 5.41 Å². The maximum absolute atomic E-state index is 5.72. The number of ether oxygens (including phenoxy) is 1. The van der Waals surface area contributed by atoms with Crippen molar-refractivity contribution in [2.45, 2.75) is 52.1 Å². The van der Waals surface area contributed by atoms with E-state index in [1.54, 1.807) is 0 Å².